The molecule has 4 nitrogen and oxygen atoms in total. The predicted octanol–water partition coefficient (Wildman–Crippen LogP) is 2.19. The fourth-order valence-electron chi connectivity index (χ4n) is 1.14. The van der Waals surface area contributed by atoms with Gasteiger partial charge in [0.25, 0.3) is 5.91 Å². The lowest BCUT2D eigenvalue weighted by Crippen LogP contribution is -2.47. The van der Waals surface area contributed by atoms with Crippen molar-refractivity contribution in [2.75, 3.05) is 6.61 Å². The van der Waals surface area contributed by atoms with Crippen molar-refractivity contribution >= 4 is 28.0 Å². The molecule has 122 valence electrons. The van der Waals surface area contributed by atoms with E-state index in [1.165, 1.54) is 0 Å². The zero-order valence-corrected chi connectivity index (χ0v) is 16.9. The Bertz CT molecular complexity index is 546. The van der Waals surface area contributed by atoms with Gasteiger partial charge in [0.15, 0.2) is 0 Å². The zero-order valence-electron chi connectivity index (χ0n) is 14.9. The highest BCUT2D eigenvalue weighted by molar-refractivity contribution is 6.84. The van der Waals surface area contributed by atoms with Gasteiger partial charge in [-0.3, -0.25) is 4.79 Å². The summed E-state index contributed by atoms with van der Waals surface area (Å²) >= 11 is 0. The normalized spacial score (nSPS) is 11.5. The third-order valence-corrected chi connectivity index (χ3v) is 3.86. The van der Waals surface area contributed by atoms with Crippen molar-refractivity contribution in [2.45, 2.75) is 58.7 Å². The minimum absolute atomic E-state index is 0.0621. The molecule has 1 N–H and O–H groups in total. The Hall–Kier alpha value is -1.51. The SMILES string of the molecule is CC(C)(COC(=O)C#C[Si](C)(C)C)NC(=O)C#C[Si](C)(C)C. The van der Waals surface area contributed by atoms with E-state index in [2.05, 4.69) is 67.5 Å². The van der Waals surface area contributed by atoms with Gasteiger partial charge in [-0.2, -0.15) is 0 Å². The molecule has 0 rings (SSSR count). The number of amides is 1. The number of esters is 1. The van der Waals surface area contributed by atoms with Gasteiger partial charge in [0.1, 0.15) is 22.8 Å². The minimum Gasteiger partial charge on any atom is -0.454 e. The second kappa shape index (κ2) is 7.66. The maximum Gasteiger partial charge on any atom is 0.383 e. The maximum absolute atomic E-state index is 11.8. The van der Waals surface area contributed by atoms with Gasteiger partial charge in [0, 0.05) is 5.92 Å². The van der Waals surface area contributed by atoms with Crippen LogP contribution in [0, 0.1) is 22.9 Å². The molecule has 0 saturated heterocycles. The Morgan fingerprint density at radius 1 is 0.955 bits per heavy atom. The molecule has 0 unspecified atom stereocenters. The topological polar surface area (TPSA) is 55.4 Å². The number of hydrogen-bond donors (Lipinski definition) is 1. The summed E-state index contributed by atoms with van der Waals surface area (Å²) in [5.74, 6) is 4.21. The molecule has 0 radical (unpaired) electrons. The summed E-state index contributed by atoms with van der Waals surface area (Å²) < 4.78 is 5.10. The third kappa shape index (κ3) is 12.3. The molecule has 0 aromatic rings. The summed E-state index contributed by atoms with van der Waals surface area (Å²) in [6.07, 6.45) is 0. The van der Waals surface area contributed by atoms with Crippen molar-refractivity contribution in [1.29, 1.82) is 0 Å². The molecule has 0 aliphatic carbocycles. The van der Waals surface area contributed by atoms with Crippen LogP contribution in [0.4, 0.5) is 0 Å². The number of carbonyl (C=O) groups is 2. The average Bonchev–Trinajstić information content (AvgIpc) is 2.29. The smallest absolute Gasteiger partial charge is 0.383 e. The minimum atomic E-state index is -1.60. The van der Waals surface area contributed by atoms with E-state index in [-0.39, 0.29) is 12.5 Å². The number of carbonyl (C=O) groups excluding carboxylic acids is 2. The molecule has 0 heterocycles. The summed E-state index contributed by atoms with van der Waals surface area (Å²) in [6.45, 7) is 16.0. The predicted molar refractivity (Wildman–Crippen MR) is 95.4 cm³/mol. The molecule has 1 amide bonds. The molecule has 0 atom stereocenters. The van der Waals surface area contributed by atoms with Crippen LogP contribution in [-0.2, 0) is 14.3 Å². The Kier molecular flexibility index (Phi) is 7.14. The molecule has 0 aliphatic rings. The Morgan fingerprint density at radius 3 is 1.86 bits per heavy atom. The molecular formula is C16H27NO3Si2. The number of rotatable bonds is 3. The summed E-state index contributed by atoms with van der Waals surface area (Å²) in [5.41, 5.74) is 5.26. The molecule has 0 saturated carbocycles. The van der Waals surface area contributed by atoms with Crippen molar-refractivity contribution in [1.82, 2.24) is 5.32 Å². The lowest BCUT2D eigenvalue weighted by molar-refractivity contribution is -0.139. The first kappa shape index (κ1) is 20.5. The highest BCUT2D eigenvalue weighted by Gasteiger charge is 2.22. The molecule has 0 aromatic heterocycles. The molecule has 22 heavy (non-hydrogen) atoms. The third-order valence-electron chi connectivity index (χ3n) is 2.11. The van der Waals surface area contributed by atoms with Crippen LogP contribution < -0.4 is 5.32 Å². The number of hydrogen-bond acceptors (Lipinski definition) is 3. The summed E-state index contributed by atoms with van der Waals surface area (Å²) in [6, 6.07) is 0. The largest absolute Gasteiger partial charge is 0.454 e. The van der Waals surface area contributed by atoms with E-state index in [0.717, 1.165) is 0 Å². The van der Waals surface area contributed by atoms with Gasteiger partial charge in [-0.25, -0.2) is 4.79 Å². The van der Waals surface area contributed by atoms with Gasteiger partial charge in [-0.05, 0) is 19.8 Å². The molecule has 0 spiro atoms. The van der Waals surface area contributed by atoms with Crippen LogP contribution in [0.25, 0.3) is 0 Å². The molecule has 0 aliphatic heterocycles. The van der Waals surface area contributed by atoms with Crippen LogP contribution >= 0.6 is 0 Å². The van der Waals surface area contributed by atoms with E-state index in [0.29, 0.717) is 0 Å². The van der Waals surface area contributed by atoms with Crippen molar-refractivity contribution in [2.24, 2.45) is 0 Å². The highest BCUT2D eigenvalue weighted by atomic mass is 28.3. The number of nitrogens with one attached hydrogen (secondary N) is 1. The van der Waals surface area contributed by atoms with Crippen LogP contribution in [0.15, 0.2) is 0 Å². The van der Waals surface area contributed by atoms with Crippen LogP contribution in [0.1, 0.15) is 13.8 Å². The van der Waals surface area contributed by atoms with E-state index in [1.807, 2.05) is 0 Å². The van der Waals surface area contributed by atoms with Crippen molar-refractivity contribution in [3.05, 3.63) is 0 Å². The van der Waals surface area contributed by atoms with Crippen LogP contribution in [0.3, 0.4) is 0 Å². The lowest BCUT2D eigenvalue weighted by Gasteiger charge is -2.24. The van der Waals surface area contributed by atoms with E-state index in [4.69, 9.17) is 4.74 Å². The molecular weight excluding hydrogens is 310 g/mol. The molecule has 6 heteroatoms. The van der Waals surface area contributed by atoms with Crippen molar-refractivity contribution in [3.8, 4) is 22.9 Å². The summed E-state index contributed by atoms with van der Waals surface area (Å²) in [5, 5.41) is 2.75. The summed E-state index contributed by atoms with van der Waals surface area (Å²) in [7, 11) is -3.18. The van der Waals surface area contributed by atoms with E-state index < -0.39 is 27.7 Å². The van der Waals surface area contributed by atoms with Gasteiger partial charge in [-0.1, -0.05) is 39.3 Å². The fraction of sp³-hybridized carbons (Fsp3) is 0.625. The molecule has 0 fully saturated rings. The van der Waals surface area contributed by atoms with Crippen molar-refractivity contribution in [3.63, 3.8) is 0 Å². The monoisotopic (exact) mass is 337 g/mol. The van der Waals surface area contributed by atoms with E-state index in [1.54, 1.807) is 13.8 Å². The first-order valence-corrected chi connectivity index (χ1v) is 14.3. The fourth-order valence-corrected chi connectivity index (χ4v) is 2.11. The molecule has 0 aromatic carbocycles. The standard InChI is InChI=1S/C16H27NO3Si2/c1-16(2,17-14(18)9-11-21(3,4)5)13-20-15(19)10-12-22(6,7)8/h13H2,1-8H3,(H,17,18). The lowest BCUT2D eigenvalue weighted by atomic mass is 10.1. The highest BCUT2D eigenvalue weighted by Crippen LogP contribution is 2.03. The number of ether oxygens (including phenoxy) is 1. The Morgan fingerprint density at radius 2 is 1.41 bits per heavy atom. The zero-order chi connectivity index (χ0) is 17.6. The van der Waals surface area contributed by atoms with Gasteiger partial charge in [-0.15, -0.1) is 11.1 Å². The Balaban J connectivity index is 4.52. The van der Waals surface area contributed by atoms with Crippen molar-refractivity contribution < 1.29 is 14.3 Å². The first-order valence-electron chi connectivity index (χ1n) is 7.25. The molecule has 0 bridgehead atoms. The van der Waals surface area contributed by atoms with Crippen LogP contribution in [-0.4, -0.2) is 40.2 Å². The van der Waals surface area contributed by atoms with Crippen LogP contribution in [0.5, 0.6) is 0 Å². The quantitative estimate of drug-likeness (QED) is 0.488. The van der Waals surface area contributed by atoms with Crippen LogP contribution in [0.2, 0.25) is 39.3 Å². The first-order chi connectivity index (χ1) is 9.70. The second-order valence-electron chi connectivity index (χ2n) is 7.91. The van der Waals surface area contributed by atoms with Gasteiger partial charge >= 0.3 is 5.97 Å². The average molecular weight is 338 g/mol. The second-order valence-corrected chi connectivity index (χ2v) is 17.4. The van der Waals surface area contributed by atoms with E-state index in [9.17, 15) is 9.59 Å². The van der Waals surface area contributed by atoms with Gasteiger partial charge in [0.2, 0.25) is 0 Å². The summed E-state index contributed by atoms with van der Waals surface area (Å²) in [4.78, 5) is 23.4. The van der Waals surface area contributed by atoms with Gasteiger partial charge in [0.05, 0.1) is 5.54 Å². The van der Waals surface area contributed by atoms with Gasteiger partial charge < -0.3 is 10.1 Å². The van der Waals surface area contributed by atoms with E-state index >= 15 is 0 Å². The maximum atomic E-state index is 11.8. The Labute approximate surface area is 136 Å².